The van der Waals surface area contributed by atoms with Gasteiger partial charge in [0.15, 0.2) is 0 Å². The first-order valence-electron chi connectivity index (χ1n) is 11.5. The molecular formula is C26H29ClFN5O3. The second-order valence-corrected chi connectivity index (χ2v) is 10.4. The van der Waals surface area contributed by atoms with Gasteiger partial charge < -0.3 is 24.8 Å². The molecule has 0 aliphatic heterocycles. The molecule has 4 rings (SSSR count). The van der Waals surface area contributed by atoms with Crippen LogP contribution in [0.4, 0.5) is 16.4 Å². The van der Waals surface area contributed by atoms with E-state index in [9.17, 15) is 9.18 Å². The van der Waals surface area contributed by atoms with Gasteiger partial charge in [-0.25, -0.2) is 14.4 Å². The van der Waals surface area contributed by atoms with E-state index in [4.69, 9.17) is 25.7 Å². The number of nitrogens with zero attached hydrogens (tertiary/aromatic N) is 2. The first-order chi connectivity index (χ1) is 17.0. The highest BCUT2D eigenvalue weighted by Crippen LogP contribution is 2.32. The number of aromatic amines is 1. The van der Waals surface area contributed by atoms with Gasteiger partial charge >= 0.3 is 5.97 Å². The van der Waals surface area contributed by atoms with Gasteiger partial charge in [-0.05, 0) is 58.4 Å². The van der Waals surface area contributed by atoms with Crippen LogP contribution in [-0.2, 0) is 15.1 Å². The Hall–Kier alpha value is -3.59. The Kier molecular flexibility index (Phi) is 6.95. The number of benzene rings is 2. The number of carbonyl (C=O) groups excluding carboxylic acids is 1. The zero-order chi connectivity index (χ0) is 26.1. The second kappa shape index (κ2) is 9.81. The number of hydrogen-bond donors (Lipinski definition) is 3. The Morgan fingerprint density at radius 2 is 2.03 bits per heavy atom. The molecule has 4 aromatic rings. The van der Waals surface area contributed by atoms with E-state index in [-0.39, 0.29) is 23.6 Å². The molecule has 2 heterocycles. The van der Waals surface area contributed by atoms with E-state index in [2.05, 4.69) is 20.6 Å². The van der Waals surface area contributed by atoms with E-state index in [1.54, 1.807) is 33.0 Å². The molecular weight excluding hydrogens is 485 g/mol. The van der Waals surface area contributed by atoms with Crippen LogP contribution < -0.4 is 10.6 Å². The monoisotopic (exact) mass is 513 g/mol. The van der Waals surface area contributed by atoms with E-state index < -0.39 is 16.8 Å². The lowest BCUT2D eigenvalue weighted by Crippen LogP contribution is -2.40. The predicted molar refractivity (Wildman–Crippen MR) is 137 cm³/mol. The maximum atomic E-state index is 13.9. The summed E-state index contributed by atoms with van der Waals surface area (Å²) in [6.07, 6.45) is 3.07. The van der Waals surface area contributed by atoms with Crippen molar-refractivity contribution in [3.63, 3.8) is 0 Å². The van der Waals surface area contributed by atoms with Crippen molar-refractivity contribution >= 4 is 40.6 Å². The fourth-order valence-electron chi connectivity index (χ4n) is 3.74. The van der Waals surface area contributed by atoms with Crippen LogP contribution in [0.2, 0.25) is 5.02 Å². The molecule has 8 nitrogen and oxygen atoms in total. The molecule has 0 aliphatic rings. The van der Waals surface area contributed by atoms with Gasteiger partial charge in [0.2, 0.25) is 5.95 Å². The van der Waals surface area contributed by atoms with E-state index >= 15 is 0 Å². The number of aromatic nitrogens is 3. The molecule has 190 valence electrons. The quantitative estimate of drug-likeness (QED) is 0.233. The van der Waals surface area contributed by atoms with Crippen LogP contribution >= 0.6 is 11.6 Å². The summed E-state index contributed by atoms with van der Waals surface area (Å²) in [6.45, 7) is 9.14. The maximum Gasteiger partial charge on any atom is 0.311 e. The van der Waals surface area contributed by atoms with Gasteiger partial charge in [-0.15, -0.1) is 0 Å². The Balaban J connectivity index is 1.66. The number of oxazole rings is 1. The molecule has 0 radical (unpaired) electrons. The molecule has 2 atom stereocenters. The Morgan fingerprint density at radius 3 is 2.69 bits per heavy atom. The Labute approximate surface area is 213 Å². The molecule has 10 heteroatoms. The lowest BCUT2D eigenvalue weighted by Gasteiger charge is -2.32. The molecule has 2 unspecified atom stereocenters. The topological polar surface area (TPSA) is 105 Å². The highest BCUT2D eigenvalue weighted by Gasteiger charge is 2.33. The van der Waals surface area contributed by atoms with Crippen molar-refractivity contribution in [1.82, 2.24) is 15.0 Å². The number of rotatable bonds is 8. The van der Waals surface area contributed by atoms with Crippen molar-refractivity contribution in [1.29, 1.82) is 0 Å². The molecule has 3 N–H and O–H groups in total. The minimum absolute atomic E-state index is 0.0269. The molecule has 0 fully saturated rings. The van der Waals surface area contributed by atoms with E-state index in [0.717, 1.165) is 16.6 Å². The van der Waals surface area contributed by atoms with Crippen LogP contribution in [0.3, 0.4) is 0 Å². The van der Waals surface area contributed by atoms with Crippen molar-refractivity contribution in [3.8, 4) is 0 Å². The van der Waals surface area contributed by atoms with Crippen LogP contribution in [0.25, 0.3) is 11.0 Å². The minimum Gasteiger partial charge on any atom is -0.462 e. The molecule has 0 spiro atoms. The standard InChI is InChI=1S/C26H29ClFN5O3/c1-15(30-24-29-11-12-35-24)17-7-6-8-20-21(17)32-23(31-20)33-26(5,14-36-22(34)25(2,3)4)16-9-10-19(28)18(27)13-16/h6-13,15H,14H2,1-5H3,(H,29,30)(H2,31,32,33). The van der Waals surface area contributed by atoms with Crippen LogP contribution in [0.5, 0.6) is 0 Å². The van der Waals surface area contributed by atoms with Crippen LogP contribution in [0.1, 0.15) is 51.8 Å². The van der Waals surface area contributed by atoms with Crippen molar-refractivity contribution in [2.24, 2.45) is 5.41 Å². The first kappa shape index (κ1) is 25.5. The summed E-state index contributed by atoms with van der Waals surface area (Å²) in [5, 5.41) is 6.54. The lowest BCUT2D eigenvalue weighted by atomic mass is 9.92. The van der Waals surface area contributed by atoms with Crippen molar-refractivity contribution in [2.75, 3.05) is 17.2 Å². The molecule has 0 bridgehead atoms. The summed E-state index contributed by atoms with van der Waals surface area (Å²) in [7, 11) is 0. The zero-order valence-corrected chi connectivity index (χ0v) is 21.5. The normalized spacial score (nSPS) is 14.3. The molecule has 0 saturated carbocycles. The molecule has 0 amide bonds. The van der Waals surface area contributed by atoms with E-state index in [0.29, 0.717) is 17.5 Å². The molecule has 2 aromatic heterocycles. The number of fused-ring (bicyclic) bond motifs is 1. The summed E-state index contributed by atoms with van der Waals surface area (Å²) >= 11 is 6.08. The Bertz CT molecular complexity index is 1370. The number of para-hydroxylation sites is 1. The number of hydrogen-bond acceptors (Lipinski definition) is 7. The average molecular weight is 514 g/mol. The van der Waals surface area contributed by atoms with Gasteiger partial charge in [0.25, 0.3) is 6.01 Å². The van der Waals surface area contributed by atoms with Crippen molar-refractivity contribution < 1.29 is 18.3 Å². The van der Waals surface area contributed by atoms with Crippen molar-refractivity contribution in [3.05, 3.63) is 70.8 Å². The third-order valence-electron chi connectivity index (χ3n) is 5.84. The number of nitrogens with one attached hydrogen (secondary N) is 3. The number of halogens is 2. The predicted octanol–water partition coefficient (Wildman–Crippen LogP) is 6.43. The summed E-state index contributed by atoms with van der Waals surface area (Å²) in [4.78, 5) is 24.7. The third kappa shape index (κ3) is 5.46. The number of esters is 1. The van der Waals surface area contributed by atoms with Gasteiger partial charge in [-0.2, -0.15) is 0 Å². The SMILES string of the molecule is CC(Nc1ncco1)c1cccc2[nH]c(NC(C)(COC(=O)C(C)(C)C)c3ccc(F)c(Cl)c3)nc12. The van der Waals surface area contributed by atoms with Gasteiger partial charge in [0, 0.05) is 5.56 Å². The largest absolute Gasteiger partial charge is 0.462 e. The van der Waals surface area contributed by atoms with Gasteiger partial charge in [0.1, 0.15) is 18.7 Å². The summed E-state index contributed by atoms with van der Waals surface area (Å²) < 4.78 is 24.9. The number of ether oxygens (including phenoxy) is 1. The van der Waals surface area contributed by atoms with Crippen LogP contribution in [-0.4, -0.2) is 27.5 Å². The van der Waals surface area contributed by atoms with Gasteiger partial charge in [-0.1, -0.05) is 29.8 Å². The lowest BCUT2D eigenvalue weighted by molar-refractivity contribution is -0.154. The zero-order valence-electron chi connectivity index (χ0n) is 20.8. The third-order valence-corrected chi connectivity index (χ3v) is 6.13. The van der Waals surface area contributed by atoms with E-state index in [1.165, 1.54) is 18.4 Å². The fraction of sp³-hybridized carbons (Fsp3) is 0.346. The Morgan fingerprint density at radius 1 is 1.25 bits per heavy atom. The van der Waals surface area contributed by atoms with Gasteiger partial charge in [-0.3, -0.25) is 4.79 Å². The van der Waals surface area contributed by atoms with Crippen LogP contribution in [0.15, 0.2) is 53.3 Å². The summed E-state index contributed by atoms with van der Waals surface area (Å²) in [5.74, 6) is -0.437. The number of carbonyl (C=O) groups is 1. The fourth-order valence-corrected chi connectivity index (χ4v) is 3.92. The maximum absolute atomic E-state index is 13.9. The van der Waals surface area contributed by atoms with Crippen LogP contribution in [0, 0.1) is 11.2 Å². The number of imidazole rings is 1. The number of anilines is 2. The number of H-pyrrole nitrogens is 1. The average Bonchev–Trinajstić information content (AvgIpc) is 3.47. The first-order valence-corrected chi connectivity index (χ1v) is 11.9. The van der Waals surface area contributed by atoms with Crippen molar-refractivity contribution in [2.45, 2.75) is 46.2 Å². The minimum atomic E-state index is -0.964. The molecule has 0 saturated heterocycles. The molecule has 36 heavy (non-hydrogen) atoms. The summed E-state index contributed by atoms with van der Waals surface area (Å²) in [5.41, 5.74) is 1.48. The molecule has 0 aliphatic carbocycles. The highest BCUT2D eigenvalue weighted by atomic mass is 35.5. The smallest absolute Gasteiger partial charge is 0.311 e. The summed E-state index contributed by atoms with van der Waals surface area (Å²) in [6, 6.07) is 10.5. The van der Waals surface area contributed by atoms with E-state index in [1.807, 2.05) is 32.0 Å². The molecule has 2 aromatic carbocycles. The van der Waals surface area contributed by atoms with Gasteiger partial charge in [0.05, 0.1) is 39.2 Å². The second-order valence-electron chi connectivity index (χ2n) is 9.94. The highest BCUT2D eigenvalue weighted by molar-refractivity contribution is 6.30.